The fraction of sp³-hybridized carbons (Fsp3) is 0.400. The largest absolute Gasteiger partial charge is 0.395 e. The van der Waals surface area contributed by atoms with Gasteiger partial charge in [0.1, 0.15) is 5.50 Å². The van der Waals surface area contributed by atoms with E-state index in [2.05, 4.69) is 22.3 Å². The first-order valence-corrected chi connectivity index (χ1v) is 5.55. The average Bonchev–Trinajstić information content (AvgIpc) is 2.58. The van der Waals surface area contributed by atoms with Crippen LogP contribution in [-0.2, 0) is 0 Å². The third-order valence-corrected chi connectivity index (χ3v) is 3.60. The Morgan fingerprint density at radius 2 is 2.29 bits per heavy atom. The van der Waals surface area contributed by atoms with Crippen LogP contribution in [0.5, 0.6) is 0 Å². The fourth-order valence-corrected chi connectivity index (χ4v) is 2.83. The Balaban J connectivity index is 2.27. The van der Waals surface area contributed by atoms with Crippen molar-refractivity contribution in [1.82, 2.24) is 5.32 Å². The van der Waals surface area contributed by atoms with Gasteiger partial charge in [-0.25, -0.2) is 0 Å². The zero-order valence-electron chi connectivity index (χ0n) is 8.10. The van der Waals surface area contributed by atoms with Gasteiger partial charge in [0.2, 0.25) is 0 Å². The molecule has 76 valence electrons. The van der Waals surface area contributed by atoms with Crippen molar-refractivity contribution < 1.29 is 5.11 Å². The third kappa shape index (κ3) is 1.61. The third-order valence-electron chi connectivity index (χ3n) is 2.28. The number of fused-ring (bicyclic) bond motifs is 1. The molecule has 0 fully saturated rings. The van der Waals surface area contributed by atoms with Gasteiger partial charge in [-0.3, -0.25) is 5.32 Å². The second-order valence-electron chi connectivity index (χ2n) is 3.14. The Morgan fingerprint density at radius 1 is 1.50 bits per heavy atom. The molecule has 0 aromatic heterocycles. The highest BCUT2D eigenvalue weighted by Gasteiger charge is 2.27. The van der Waals surface area contributed by atoms with Crippen molar-refractivity contribution in [2.24, 2.45) is 0 Å². The quantitative estimate of drug-likeness (QED) is 0.783. The van der Waals surface area contributed by atoms with Gasteiger partial charge in [-0.1, -0.05) is 23.9 Å². The van der Waals surface area contributed by atoms with Gasteiger partial charge in [0.15, 0.2) is 0 Å². The predicted molar refractivity (Wildman–Crippen MR) is 59.6 cm³/mol. The van der Waals surface area contributed by atoms with E-state index >= 15 is 0 Å². The molecule has 0 aliphatic carbocycles. The minimum atomic E-state index is 0.188. The number of aliphatic hydroxyl groups excluding tert-OH is 1. The van der Waals surface area contributed by atoms with E-state index in [9.17, 15) is 0 Å². The van der Waals surface area contributed by atoms with E-state index in [4.69, 9.17) is 5.11 Å². The summed E-state index contributed by atoms with van der Waals surface area (Å²) in [6.07, 6.45) is 0. The van der Waals surface area contributed by atoms with E-state index in [0.29, 0.717) is 6.54 Å². The molecule has 0 bridgehead atoms. The molecule has 1 aliphatic heterocycles. The van der Waals surface area contributed by atoms with Gasteiger partial charge in [0, 0.05) is 11.4 Å². The molecular formula is C10H14N2OS. The standard InChI is InChI=1S/C10H14N2OS/c1-11-10-12(6-7-13)8-4-2-3-5-9(8)14-10/h2-5,10-11,13H,6-7H2,1H3. The monoisotopic (exact) mass is 210 g/mol. The van der Waals surface area contributed by atoms with Crippen LogP contribution in [0.4, 0.5) is 5.69 Å². The first kappa shape index (κ1) is 9.83. The molecule has 0 saturated heterocycles. The van der Waals surface area contributed by atoms with Gasteiger partial charge < -0.3 is 10.0 Å². The van der Waals surface area contributed by atoms with Crippen molar-refractivity contribution in [3.05, 3.63) is 24.3 Å². The van der Waals surface area contributed by atoms with Crippen LogP contribution in [0.25, 0.3) is 0 Å². The van der Waals surface area contributed by atoms with Crippen molar-refractivity contribution in [2.75, 3.05) is 25.1 Å². The normalized spacial score (nSPS) is 19.9. The summed E-state index contributed by atoms with van der Waals surface area (Å²) in [5, 5.41) is 12.2. The first-order valence-electron chi connectivity index (χ1n) is 4.67. The number of nitrogens with zero attached hydrogens (tertiary/aromatic N) is 1. The molecule has 1 aliphatic rings. The Bertz CT molecular complexity index is 319. The molecule has 2 N–H and O–H groups in total. The number of thioether (sulfide) groups is 1. The molecule has 0 saturated carbocycles. The lowest BCUT2D eigenvalue weighted by atomic mass is 10.3. The summed E-state index contributed by atoms with van der Waals surface area (Å²) >= 11 is 1.79. The van der Waals surface area contributed by atoms with Gasteiger partial charge in [0.05, 0.1) is 12.3 Å². The van der Waals surface area contributed by atoms with Crippen molar-refractivity contribution in [3.63, 3.8) is 0 Å². The summed E-state index contributed by atoms with van der Waals surface area (Å²) in [4.78, 5) is 3.46. The van der Waals surface area contributed by atoms with E-state index in [0.717, 1.165) is 0 Å². The number of nitrogens with one attached hydrogen (secondary N) is 1. The second-order valence-corrected chi connectivity index (χ2v) is 4.27. The maximum Gasteiger partial charge on any atom is 0.132 e. The van der Waals surface area contributed by atoms with E-state index in [1.54, 1.807) is 11.8 Å². The minimum Gasteiger partial charge on any atom is -0.395 e. The van der Waals surface area contributed by atoms with Crippen LogP contribution in [0.1, 0.15) is 0 Å². The Morgan fingerprint density at radius 3 is 3.00 bits per heavy atom. The van der Waals surface area contributed by atoms with Crippen LogP contribution in [0.15, 0.2) is 29.2 Å². The first-order chi connectivity index (χ1) is 6.86. The molecule has 1 heterocycles. The van der Waals surface area contributed by atoms with Crippen molar-refractivity contribution in [1.29, 1.82) is 0 Å². The highest BCUT2D eigenvalue weighted by molar-refractivity contribution is 8.00. The smallest absolute Gasteiger partial charge is 0.132 e. The van der Waals surface area contributed by atoms with Gasteiger partial charge in [0.25, 0.3) is 0 Å². The number of rotatable bonds is 3. The van der Waals surface area contributed by atoms with Crippen LogP contribution in [0, 0.1) is 0 Å². The van der Waals surface area contributed by atoms with Crippen molar-refractivity contribution in [2.45, 2.75) is 10.4 Å². The molecule has 3 nitrogen and oxygen atoms in total. The molecule has 0 radical (unpaired) electrons. The van der Waals surface area contributed by atoms with Crippen LogP contribution in [0.3, 0.4) is 0 Å². The topological polar surface area (TPSA) is 35.5 Å². The summed E-state index contributed by atoms with van der Waals surface area (Å²) in [6, 6.07) is 8.28. The Labute approximate surface area is 88.1 Å². The SMILES string of the molecule is CNC1Sc2ccccc2N1CCO. The number of para-hydroxylation sites is 1. The summed E-state index contributed by atoms with van der Waals surface area (Å²) in [5.74, 6) is 0. The molecule has 0 spiro atoms. The zero-order chi connectivity index (χ0) is 9.97. The molecule has 1 atom stereocenters. The number of aliphatic hydroxyl groups is 1. The highest BCUT2D eigenvalue weighted by Crippen LogP contribution is 2.41. The zero-order valence-corrected chi connectivity index (χ0v) is 8.92. The number of benzene rings is 1. The van der Waals surface area contributed by atoms with Gasteiger partial charge in [-0.15, -0.1) is 0 Å². The molecule has 4 heteroatoms. The van der Waals surface area contributed by atoms with Crippen molar-refractivity contribution >= 4 is 17.4 Å². The second kappa shape index (κ2) is 4.21. The van der Waals surface area contributed by atoms with Gasteiger partial charge >= 0.3 is 0 Å². The van der Waals surface area contributed by atoms with Gasteiger partial charge in [-0.05, 0) is 19.2 Å². The van der Waals surface area contributed by atoms with E-state index in [1.165, 1.54) is 10.6 Å². The Hall–Kier alpha value is -0.710. The summed E-state index contributed by atoms with van der Waals surface area (Å²) < 4.78 is 0. The molecule has 1 aromatic carbocycles. The van der Waals surface area contributed by atoms with Crippen LogP contribution in [-0.4, -0.2) is 30.8 Å². The van der Waals surface area contributed by atoms with E-state index in [1.807, 2.05) is 19.2 Å². The average molecular weight is 210 g/mol. The lowest BCUT2D eigenvalue weighted by Gasteiger charge is -2.24. The molecule has 1 unspecified atom stereocenters. The number of hydrogen-bond donors (Lipinski definition) is 2. The predicted octanol–water partition coefficient (Wildman–Crippen LogP) is 1.09. The molecule has 1 aromatic rings. The summed E-state index contributed by atoms with van der Waals surface area (Å²) in [6.45, 7) is 0.864. The van der Waals surface area contributed by atoms with E-state index in [-0.39, 0.29) is 12.1 Å². The fourth-order valence-electron chi connectivity index (χ4n) is 1.66. The summed E-state index contributed by atoms with van der Waals surface area (Å²) in [7, 11) is 1.94. The maximum atomic E-state index is 8.99. The lowest BCUT2D eigenvalue weighted by molar-refractivity contribution is 0.300. The number of hydrogen-bond acceptors (Lipinski definition) is 4. The highest BCUT2D eigenvalue weighted by atomic mass is 32.2. The Kier molecular flexibility index (Phi) is 2.96. The number of β-amino-alcohol motifs (C(OH)–C–C–N with tert-alkyl or cyclic N) is 1. The van der Waals surface area contributed by atoms with Crippen molar-refractivity contribution in [3.8, 4) is 0 Å². The van der Waals surface area contributed by atoms with E-state index < -0.39 is 0 Å². The van der Waals surface area contributed by atoms with Crippen LogP contribution < -0.4 is 10.2 Å². The lowest BCUT2D eigenvalue weighted by Crippen LogP contribution is -2.40. The van der Waals surface area contributed by atoms with Gasteiger partial charge in [-0.2, -0.15) is 0 Å². The summed E-state index contributed by atoms with van der Waals surface area (Å²) in [5.41, 5.74) is 1.46. The maximum absolute atomic E-state index is 8.99. The number of anilines is 1. The minimum absolute atomic E-state index is 0.188. The van der Waals surface area contributed by atoms with Crippen LogP contribution >= 0.6 is 11.8 Å². The van der Waals surface area contributed by atoms with Crippen LogP contribution in [0.2, 0.25) is 0 Å². The molecule has 14 heavy (non-hydrogen) atoms. The molecular weight excluding hydrogens is 196 g/mol. The molecule has 0 amide bonds. The molecule has 2 rings (SSSR count).